The van der Waals surface area contributed by atoms with Crippen LogP contribution in [0.4, 0.5) is 0 Å². The van der Waals surface area contributed by atoms with Crippen molar-refractivity contribution >= 4 is 5.97 Å². The maximum absolute atomic E-state index is 11.0. The molecular formula is C12H22N2O3. The van der Waals surface area contributed by atoms with Crippen molar-refractivity contribution in [2.24, 2.45) is 5.92 Å². The van der Waals surface area contributed by atoms with E-state index in [9.17, 15) is 4.79 Å². The molecule has 0 aromatic heterocycles. The smallest absolute Gasteiger partial charge is 0.320 e. The van der Waals surface area contributed by atoms with Gasteiger partial charge in [0.1, 0.15) is 6.04 Å². The molecule has 2 fully saturated rings. The van der Waals surface area contributed by atoms with E-state index in [1.165, 1.54) is 0 Å². The van der Waals surface area contributed by atoms with E-state index >= 15 is 0 Å². The number of ether oxygens (including phenoxy) is 1. The van der Waals surface area contributed by atoms with Gasteiger partial charge in [0, 0.05) is 32.2 Å². The first-order chi connectivity index (χ1) is 8.09. The van der Waals surface area contributed by atoms with Crippen LogP contribution in [0.25, 0.3) is 0 Å². The summed E-state index contributed by atoms with van der Waals surface area (Å²) in [5, 5.41) is 9.05. The van der Waals surface area contributed by atoms with Crippen LogP contribution < -0.4 is 0 Å². The molecule has 0 amide bonds. The largest absolute Gasteiger partial charge is 0.480 e. The summed E-state index contributed by atoms with van der Waals surface area (Å²) < 4.78 is 5.36. The molecule has 3 atom stereocenters. The molecule has 0 aromatic rings. The molecule has 1 N–H and O–H groups in total. The summed E-state index contributed by atoms with van der Waals surface area (Å²) in [4.78, 5) is 15.5. The van der Waals surface area contributed by atoms with Gasteiger partial charge in [-0.25, -0.2) is 0 Å². The Kier molecular flexibility index (Phi) is 4.01. The Hall–Kier alpha value is -0.650. The molecule has 5 heteroatoms. The fraction of sp³-hybridized carbons (Fsp3) is 0.917. The van der Waals surface area contributed by atoms with E-state index < -0.39 is 5.97 Å². The lowest BCUT2D eigenvalue weighted by molar-refractivity contribution is -0.142. The molecule has 0 radical (unpaired) electrons. The third-order valence-corrected chi connectivity index (χ3v) is 4.02. The quantitative estimate of drug-likeness (QED) is 0.761. The summed E-state index contributed by atoms with van der Waals surface area (Å²) in [6.07, 6.45) is 0. The van der Waals surface area contributed by atoms with Crippen LogP contribution in [0.2, 0.25) is 0 Å². The standard InChI is InChI=1S/C12H22N2O3/c1-9-7-14(10(2)12(15)16)8-11(9)13-3-5-17-6-4-13/h9-11H,3-8H2,1-2H3,(H,15,16). The highest BCUT2D eigenvalue weighted by Crippen LogP contribution is 2.24. The van der Waals surface area contributed by atoms with Crippen molar-refractivity contribution in [2.75, 3.05) is 39.4 Å². The van der Waals surface area contributed by atoms with Gasteiger partial charge >= 0.3 is 5.97 Å². The Morgan fingerprint density at radius 3 is 2.59 bits per heavy atom. The van der Waals surface area contributed by atoms with Gasteiger partial charge in [0.05, 0.1) is 13.2 Å². The van der Waals surface area contributed by atoms with Crippen LogP contribution in [0.3, 0.4) is 0 Å². The Bertz CT molecular complexity index is 279. The zero-order valence-corrected chi connectivity index (χ0v) is 10.6. The summed E-state index contributed by atoms with van der Waals surface area (Å²) in [6, 6.07) is 0.115. The number of rotatable bonds is 3. The van der Waals surface area contributed by atoms with Crippen molar-refractivity contribution in [3.63, 3.8) is 0 Å². The Balaban J connectivity index is 1.94. The molecular weight excluding hydrogens is 220 g/mol. The summed E-state index contributed by atoms with van der Waals surface area (Å²) in [7, 11) is 0. The molecule has 17 heavy (non-hydrogen) atoms. The lowest BCUT2D eigenvalue weighted by Gasteiger charge is -2.34. The summed E-state index contributed by atoms with van der Waals surface area (Å²) in [6.45, 7) is 9.31. The van der Waals surface area contributed by atoms with E-state index in [2.05, 4.69) is 16.7 Å². The predicted molar refractivity (Wildman–Crippen MR) is 64.0 cm³/mol. The van der Waals surface area contributed by atoms with Gasteiger partial charge in [-0.1, -0.05) is 6.92 Å². The minimum Gasteiger partial charge on any atom is -0.480 e. The summed E-state index contributed by atoms with van der Waals surface area (Å²) >= 11 is 0. The lowest BCUT2D eigenvalue weighted by atomic mass is 10.0. The number of aliphatic carboxylic acids is 1. The maximum atomic E-state index is 11.0. The molecule has 0 aromatic carbocycles. The molecule has 98 valence electrons. The molecule has 3 unspecified atom stereocenters. The number of nitrogens with zero attached hydrogens (tertiary/aromatic N) is 2. The molecule has 2 heterocycles. The average molecular weight is 242 g/mol. The monoisotopic (exact) mass is 242 g/mol. The minimum atomic E-state index is -0.722. The van der Waals surface area contributed by atoms with E-state index in [-0.39, 0.29) is 6.04 Å². The second kappa shape index (κ2) is 5.33. The van der Waals surface area contributed by atoms with Gasteiger partial charge in [0.25, 0.3) is 0 Å². The zero-order valence-electron chi connectivity index (χ0n) is 10.6. The molecule has 2 aliphatic heterocycles. The maximum Gasteiger partial charge on any atom is 0.320 e. The third kappa shape index (κ3) is 2.78. The van der Waals surface area contributed by atoms with Crippen LogP contribution in [-0.2, 0) is 9.53 Å². The van der Waals surface area contributed by atoms with Gasteiger partial charge in [0.2, 0.25) is 0 Å². The number of morpholine rings is 1. The number of hydrogen-bond acceptors (Lipinski definition) is 4. The lowest BCUT2D eigenvalue weighted by Crippen LogP contribution is -2.47. The molecule has 0 spiro atoms. The van der Waals surface area contributed by atoms with Gasteiger partial charge in [-0.15, -0.1) is 0 Å². The van der Waals surface area contributed by atoms with Crippen molar-refractivity contribution in [1.29, 1.82) is 0 Å². The van der Waals surface area contributed by atoms with Crippen LogP contribution in [0, 0.1) is 5.92 Å². The van der Waals surface area contributed by atoms with Crippen LogP contribution in [0.5, 0.6) is 0 Å². The predicted octanol–water partition coefficient (Wildman–Crippen LogP) is 0.112. The first kappa shape index (κ1) is 12.8. The molecule has 0 saturated carbocycles. The molecule has 0 aliphatic carbocycles. The first-order valence-corrected chi connectivity index (χ1v) is 6.38. The van der Waals surface area contributed by atoms with Gasteiger partial charge in [-0.05, 0) is 12.8 Å². The highest BCUT2D eigenvalue weighted by atomic mass is 16.5. The number of carboxylic acids is 1. The fourth-order valence-electron chi connectivity index (χ4n) is 2.84. The van der Waals surface area contributed by atoms with Crippen molar-refractivity contribution < 1.29 is 14.6 Å². The molecule has 2 saturated heterocycles. The van der Waals surface area contributed by atoms with E-state index in [1.54, 1.807) is 6.92 Å². The van der Waals surface area contributed by atoms with Crippen LogP contribution >= 0.6 is 0 Å². The molecule has 2 rings (SSSR count). The van der Waals surface area contributed by atoms with Gasteiger partial charge in [-0.3, -0.25) is 14.6 Å². The normalized spacial score (nSPS) is 33.8. The van der Waals surface area contributed by atoms with Crippen molar-refractivity contribution in [3.05, 3.63) is 0 Å². The summed E-state index contributed by atoms with van der Waals surface area (Å²) in [5.41, 5.74) is 0. The van der Waals surface area contributed by atoms with E-state index in [4.69, 9.17) is 9.84 Å². The first-order valence-electron chi connectivity index (χ1n) is 6.38. The van der Waals surface area contributed by atoms with Crippen LogP contribution in [-0.4, -0.2) is 72.4 Å². The minimum absolute atomic E-state index is 0.372. The highest BCUT2D eigenvalue weighted by molar-refractivity contribution is 5.72. The molecule has 2 aliphatic rings. The number of hydrogen-bond donors (Lipinski definition) is 1. The second-order valence-electron chi connectivity index (χ2n) is 5.16. The summed E-state index contributed by atoms with van der Waals surface area (Å²) in [5.74, 6) is -0.185. The van der Waals surface area contributed by atoms with E-state index in [0.29, 0.717) is 12.0 Å². The van der Waals surface area contributed by atoms with E-state index in [1.807, 2.05) is 0 Å². The average Bonchev–Trinajstić information content (AvgIpc) is 2.71. The Morgan fingerprint density at radius 1 is 1.35 bits per heavy atom. The van der Waals surface area contributed by atoms with Crippen LogP contribution in [0.15, 0.2) is 0 Å². The van der Waals surface area contributed by atoms with Crippen molar-refractivity contribution in [3.8, 4) is 0 Å². The number of likely N-dealkylation sites (tertiary alicyclic amines) is 1. The van der Waals surface area contributed by atoms with E-state index in [0.717, 1.165) is 39.4 Å². The molecule has 5 nitrogen and oxygen atoms in total. The zero-order chi connectivity index (χ0) is 12.4. The Labute approximate surface area is 102 Å². The van der Waals surface area contributed by atoms with Gasteiger partial charge < -0.3 is 9.84 Å². The molecule has 0 bridgehead atoms. The van der Waals surface area contributed by atoms with Gasteiger partial charge in [-0.2, -0.15) is 0 Å². The SMILES string of the molecule is CC1CN(C(C)C(=O)O)CC1N1CCOCC1. The highest BCUT2D eigenvalue weighted by Gasteiger charge is 2.37. The van der Waals surface area contributed by atoms with Crippen molar-refractivity contribution in [1.82, 2.24) is 9.80 Å². The fourth-order valence-corrected chi connectivity index (χ4v) is 2.84. The van der Waals surface area contributed by atoms with Crippen LogP contribution in [0.1, 0.15) is 13.8 Å². The second-order valence-corrected chi connectivity index (χ2v) is 5.16. The number of carboxylic acid groups (broad SMARTS) is 1. The third-order valence-electron chi connectivity index (χ3n) is 4.02. The Morgan fingerprint density at radius 2 is 2.00 bits per heavy atom. The topological polar surface area (TPSA) is 53.0 Å². The van der Waals surface area contributed by atoms with Crippen molar-refractivity contribution in [2.45, 2.75) is 25.9 Å². The van der Waals surface area contributed by atoms with Gasteiger partial charge in [0.15, 0.2) is 0 Å². The number of carbonyl (C=O) groups is 1.